The maximum absolute atomic E-state index is 13.9. The molecule has 5 heteroatoms. The van der Waals surface area contributed by atoms with Crippen molar-refractivity contribution in [2.75, 3.05) is 7.05 Å². The predicted molar refractivity (Wildman–Crippen MR) is 116 cm³/mol. The Balaban J connectivity index is 1.63. The standard InChI is InChI=1S/C26H31F2NO2/c1-25-8-6-21-19(20(25)4-5-22(25)30)13-16(10-15-11-17(27)14-18(28)12-15)24-26(21,2)9-7-23(31)29(24)3/h7,9-12,14,19-22,24,30H,4-6,8,13H2,1-3H3/t19-,20-,21+,22?,24?,25-,26+/m0/s1. The highest BCUT2D eigenvalue weighted by atomic mass is 19.1. The zero-order valence-electron chi connectivity index (χ0n) is 18.4. The van der Waals surface area contributed by atoms with Gasteiger partial charge in [-0.2, -0.15) is 0 Å². The van der Waals surface area contributed by atoms with Crippen molar-refractivity contribution < 1.29 is 18.7 Å². The first kappa shape index (κ1) is 20.9. The molecule has 0 spiro atoms. The number of rotatable bonds is 1. The maximum Gasteiger partial charge on any atom is 0.246 e. The number of fused-ring (bicyclic) bond motifs is 5. The number of hydrogen-bond donors (Lipinski definition) is 1. The molecular weight excluding hydrogens is 396 g/mol. The second-order valence-electron chi connectivity index (χ2n) is 10.7. The Morgan fingerprint density at radius 3 is 2.52 bits per heavy atom. The molecular formula is C26H31F2NO2. The van der Waals surface area contributed by atoms with E-state index >= 15 is 0 Å². The summed E-state index contributed by atoms with van der Waals surface area (Å²) in [4.78, 5) is 14.4. The molecule has 1 heterocycles. The quantitative estimate of drug-likeness (QED) is 0.688. The summed E-state index contributed by atoms with van der Waals surface area (Å²) >= 11 is 0. The highest BCUT2D eigenvalue weighted by Crippen LogP contribution is 2.64. The summed E-state index contributed by atoms with van der Waals surface area (Å²) in [5.41, 5.74) is 1.24. The van der Waals surface area contributed by atoms with Crippen LogP contribution in [0.2, 0.25) is 0 Å². The number of benzene rings is 1. The third-order valence-corrected chi connectivity index (χ3v) is 9.15. The molecule has 5 rings (SSSR count). The fourth-order valence-corrected chi connectivity index (χ4v) is 7.69. The lowest BCUT2D eigenvalue weighted by Crippen LogP contribution is -2.60. The number of carbonyl (C=O) groups is 1. The first-order valence-corrected chi connectivity index (χ1v) is 11.4. The van der Waals surface area contributed by atoms with E-state index in [-0.39, 0.29) is 28.9 Å². The van der Waals surface area contributed by atoms with Crippen molar-refractivity contribution in [1.29, 1.82) is 0 Å². The first-order valence-electron chi connectivity index (χ1n) is 11.4. The molecule has 31 heavy (non-hydrogen) atoms. The summed E-state index contributed by atoms with van der Waals surface area (Å²) in [6, 6.07) is 3.46. The largest absolute Gasteiger partial charge is 0.393 e. The SMILES string of the molecule is CN1C(=O)C=C[C@@]2(C)C1C(=Cc1cc(F)cc(F)c1)C[C@@H]1[C@H]2CC[C@]2(C)C(O)CC[C@@H]12. The van der Waals surface area contributed by atoms with E-state index in [4.69, 9.17) is 0 Å². The maximum atomic E-state index is 13.9. The summed E-state index contributed by atoms with van der Waals surface area (Å²) in [6.07, 6.45) is 10.1. The van der Waals surface area contributed by atoms with Gasteiger partial charge in [-0.1, -0.05) is 26.0 Å². The molecule has 1 aliphatic heterocycles. The Morgan fingerprint density at radius 2 is 1.81 bits per heavy atom. The van der Waals surface area contributed by atoms with E-state index < -0.39 is 11.6 Å². The van der Waals surface area contributed by atoms with Crippen molar-refractivity contribution in [2.45, 2.75) is 58.1 Å². The van der Waals surface area contributed by atoms with Gasteiger partial charge in [0.1, 0.15) is 11.6 Å². The van der Waals surface area contributed by atoms with Crippen LogP contribution in [-0.2, 0) is 4.79 Å². The summed E-state index contributed by atoms with van der Waals surface area (Å²) in [7, 11) is 1.83. The molecule has 3 nitrogen and oxygen atoms in total. The molecule has 4 aliphatic rings. The van der Waals surface area contributed by atoms with Crippen LogP contribution in [0.3, 0.4) is 0 Å². The summed E-state index contributed by atoms with van der Waals surface area (Å²) in [5, 5.41) is 10.7. The lowest BCUT2D eigenvalue weighted by molar-refractivity contribution is -0.135. The number of nitrogens with zero attached hydrogens (tertiary/aromatic N) is 1. The highest BCUT2D eigenvalue weighted by Gasteiger charge is 2.61. The summed E-state index contributed by atoms with van der Waals surface area (Å²) in [6.45, 7) is 4.47. The number of amides is 1. The highest BCUT2D eigenvalue weighted by molar-refractivity contribution is 5.89. The van der Waals surface area contributed by atoms with E-state index in [0.29, 0.717) is 23.3 Å². The summed E-state index contributed by atoms with van der Waals surface area (Å²) in [5.74, 6) is -0.0137. The summed E-state index contributed by atoms with van der Waals surface area (Å²) < 4.78 is 27.8. The fraction of sp³-hybridized carbons (Fsp3) is 0.577. The lowest BCUT2D eigenvalue weighted by Gasteiger charge is -2.60. The topological polar surface area (TPSA) is 40.5 Å². The molecule has 0 saturated heterocycles. The average molecular weight is 428 g/mol. The average Bonchev–Trinajstić information content (AvgIpc) is 2.99. The molecule has 3 aliphatic carbocycles. The Hall–Kier alpha value is -2.01. The molecule has 3 saturated carbocycles. The minimum Gasteiger partial charge on any atom is -0.393 e. The molecule has 3 fully saturated rings. The van der Waals surface area contributed by atoms with Gasteiger partial charge in [-0.25, -0.2) is 8.78 Å². The zero-order chi connectivity index (χ0) is 22.1. The second-order valence-corrected chi connectivity index (χ2v) is 10.7. The van der Waals surface area contributed by atoms with E-state index in [1.54, 1.807) is 11.0 Å². The van der Waals surface area contributed by atoms with Gasteiger partial charge in [0.05, 0.1) is 12.1 Å². The number of carbonyl (C=O) groups excluding carboxylic acids is 1. The van der Waals surface area contributed by atoms with Gasteiger partial charge in [0, 0.05) is 18.5 Å². The number of hydrogen-bond acceptors (Lipinski definition) is 2. The van der Waals surface area contributed by atoms with E-state index in [2.05, 4.69) is 19.9 Å². The number of aliphatic hydroxyl groups excluding tert-OH is 1. The molecule has 2 unspecified atom stereocenters. The minimum absolute atomic E-state index is 0.0332. The molecule has 0 bridgehead atoms. The minimum atomic E-state index is -0.597. The molecule has 1 amide bonds. The smallest absolute Gasteiger partial charge is 0.246 e. The molecule has 0 radical (unpaired) electrons. The molecule has 7 atom stereocenters. The number of halogens is 2. The van der Waals surface area contributed by atoms with Gasteiger partial charge in [0.2, 0.25) is 5.91 Å². The number of likely N-dealkylation sites (N-methyl/N-ethyl adjacent to an activating group) is 1. The molecule has 1 aromatic carbocycles. The van der Waals surface area contributed by atoms with Crippen LogP contribution in [0.1, 0.15) is 51.5 Å². The molecule has 1 aromatic rings. The van der Waals surface area contributed by atoms with Crippen molar-refractivity contribution in [3.8, 4) is 0 Å². The second kappa shape index (κ2) is 6.99. The van der Waals surface area contributed by atoms with Crippen molar-refractivity contribution in [2.24, 2.45) is 28.6 Å². The van der Waals surface area contributed by atoms with Crippen LogP contribution in [-0.4, -0.2) is 35.1 Å². The van der Waals surface area contributed by atoms with Gasteiger partial charge >= 0.3 is 0 Å². The zero-order valence-corrected chi connectivity index (χ0v) is 18.4. The van der Waals surface area contributed by atoms with Crippen LogP contribution in [0.4, 0.5) is 8.78 Å². The van der Waals surface area contributed by atoms with Crippen LogP contribution >= 0.6 is 0 Å². The molecule has 0 aromatic heterocycles. The van der Waals surface area contributed by atoms with Crippen molar-refractivity contribution in [3.63, 3.8) is 0 Å². The van der Waals surface area contributed by atoms with E-state index in [1.165, 1.54) is 12.1 Å². The van der Waals surface area contributed by atoms with Gasteiger partial charge in [-0.3, -0.25) is 4.79 Å². The Kier molecular flexibility index (Phi) is 4.71. The van der Waals surface area contributed by atoms with Crippen molar-refractivity contribution in [1.82, 2.24) is 4.90 Å². The van der Waals surface area contributed by atoms with E-state index in [9.17, 15) is 18.7 Å². The first-order chi connectivity index (χ1) is 14.6. The van der Waals surface area contributed by atoms with Crippen LogP contribution < -0.4 is 0 Å². The Labute approximate surface area is 182 Å². The fourth-order valence-electron chi connectivity index (χ4n) is 7.69. The van der Waals surface area contributed by atoms with Gasteiger partial charge in [-0.15, -0.1) is 0 Å². The monoisotopic (exact) mass is 427 g/mol. The Morgan fingerprint density at radius 1 is 1.10 bits per heavy atom. The van der Waals surface area contributed by atoms with Gasteiger partial charge in [0.15, 0.2) is 0 Å². The Bertz CT molecular complexity index is 967. The third-order valence-electron chi connectivity index (χ3n) is 9.15. The lowest BCUT2D eigenvalue weighted by atomic mass is 9.47. The van der Waals surface area contributed by atoms with E-state index in [0.717, 1.165) is 43.7 Å². The van der Waals surface area contributed by atoms with Crippen molar-refractivity contribution >= 4 is 12.0 Å². The number of aliphatic hydroxyl groups is 1. The van der Waals surface area contributed by atoms with Gasteiger partial charge < -0.3 is 10.0 Å². The van der Waals surface area contributed by atoms with Crippen LogP contribution in [0, 0.1) is 40.2 Å². The molecule has 166 valence electrons. The van der Waals surface area contributed by atoms with E-state index in [1.807, 2.05) is 13.1 Å². The van der Waals surface area contributed by atoms with Crippen LogP contribution in [0.25, 0.3) is 6.08 Å². The van der Waals surface area contributed by atoms with Gasteiger partial charge in [0.25, 0.3) is 0 Å². The predicted octanol–water partition coefficient (Wildman–Crippen LogP) is 4.96. The van der Waals surface area contributed by atoms with Crippen LogP contribution in [0.5, 0.6) is 0 Å². The third kappa shape index (κ3) is 3.03. The van der Waals surface area contributed by atoms with Crippen molar-refractivity contribution in [3.05, 3.63) is 53.1 Å². The van der Waals surface area contributed by atoms with Gasteiger partial charge in [-0.05, 0) is 84.6 Å². The molecule has 1 N–H and O–H groups in total. The van der Waals surface area contributed by atoms with Crippen LogP contribution in [0.15, 0.2) is 35.9 Å². The normalized spacial score (nSPS) is 43.0.